The minimum Gasteiger partial charge on any atom is -0.388 e. The molecule has 0 saturated carbocycles. The molecule has 0 radical (unpaired) electrons. The van der Waals surface area contributed by atoms with Gasteiger partial charge < -0.3 is 19.0 Å². The number of nitrogens with two attached hydrogens (primary N) is 1. The van der Waals surface area contributed by atoms with Gasteiger partial charge in [0.05, 0.1) is 5.84 Å². The molecule has 0 aliphatic rings. The SMILES string of the molecule is CO[Si](CCC(=N)N)(OC)OC. The van der Waals surface area contributed by atoms with Crippen LogP contribution in [-0.2, 0) is 13.3 Å². The average molecular weight is 192 g/mol. The summed E-state index contributed by atoms with van der Waals surface area (Å²) in [7, 11) is 2.12. The molecule has 5 nitrogen and oxygen atoms in total. The molecule has 0 aromatic rings. The molecule has 0 aromatic carbocycles. The lowest BCUT2D eigenvalue weighted by atomic mass is 10.5. The Hall–Kier alpha value is -0.433. The third kappa shape index (κ3) is 3.31. The molecule has 0 amide bonds. The van der Waals surface area contributed by atoms with E-state index in [-0.39, 0.29) is 5.84 Å². The molecule has 6 heteroatoms. The van der Waals surface area contributed by atoms with Crippen molar-refractivity contribution in [3.8, 4) is 0 Å². The topological polar surface area (TPSA) is 77.6 Å². The predicted molar refractivity (Wildman–Crippen MR) is 48.1 cm³/mol. The van der Waals surface area contributed by atoms with Gasteiger partial charge in [0.2, 0.25) is 0 Å². The first-order chi connectivity index (χ1) is 5.60. The highest BCUT2D eigenvalue weighted by Crippen LogP contribution is 2.14. The molecule has 0 atom stereocenters. The highest BCUT2D eigenvalue weighted by Gasteiger charge is 2.37. The summed E-state index contributed by atoms with van der Waals surface area (Å²) >= 11 is 0. The Balaban J connectivity index is 4.01. The summed E-state index contributed by atoms with van der Waals surface area (Å²) in [6.45, 7) is 0. The molecule has 0 rings (SSSR count). The van der Waals surface area contributed by atoms with Crippen molar-refractivity contribution >= 4 is 14.6 Å². The predicted octanol–water partition coefficient (Wildman–Crippen LogP) is 0.191. The van der Waals surface area contributed by atoms with Gasteiger partial charge in [0.1, 0.15) is 0 Å². The summed E-state index contributed by atoms with van der Waals surface area (Å²) in [5.41, 5.74) is 5.20. The lowest BCUT2D eigenvalue weighted by Crippen LogP contribution is -2.43. The van der Waals surface area contributed by atoms with Crippen LogP contribution in [0.5, 0.6) is 0 Å². The summed E-state index contributed by atoms with van der Waals surface area (Å²) in [5.74, 6) is 0.123. The third-order valence-corrected chi connectivity index (χ3v) is 4.36. The van der Waals surface area contributed by atoms with E-state index in [1.54, 1.807) is 21.3 Å². The van der Waals surface area contributed by atoms with E-state index in [4.69, 9.17) is 24.4 Å². The summed E-state index contributed by atoms with van der Waals surface area (Å²) in [6.07, 6.45) is 0.446. The number of rotatable bonds is 6. The standard InChI is InChI=1S/C6H16N2O3Si/c1-9-12(10-2,11-3)5-4-6(7)8/h4-5H2,1-3H3,(H3,7,8). The zero-order valence-electron chi connectivity index (χ0n) is 7.72. The second-order valence-corrected chi connectivity index (χ2v) is 5.41. The van der Waals surface area contributed by atoms with Gasteiger partial charge in [0.25, 0.3) is 0 Å². The quantitative estimate of drug-likeness (QED) is 0.358. The molecule has 0 aliphatic carbocycles. The fraction of sp³-hybridized carbons (Fsp3) is 0.833. The fourth-order valence-corrected chi connectivity index (χ4v) is 2.53. The first kappa shape index (κ1) is 11.6. The van der Waals surface area contributed by atoms with Crippen molar-refractivity contribution in [2.45, 2.75) is 12.5 Å². The van der Waals surface area contributed by atoms with Gasteiger partial charge in [-0.05, 0) is 0 Å². The molecule has 0 saturated heterocycles. The summed E-state index contributed by atoms with van der Waals surface area (Å²) in [4.78, 5) is 0. The van der Waals surface area contributed by atoms with Crippen LogP contribution in [0.4, 0.5) is 0 Å². The zero-order valence-corrected chi connectivity index (χ0v) is 8.72. The third-order valence-electron chi connectivity index (χ3n) is 1.63. The van der Waals surface area contributed by atoms with E-state index in [0.717, 1.165) is 0 Å². The van der Waals surface area contributed by atoms with E-state index >= 15 is 0 Å². The molecule has 0 fully saturated rings. The van der Waals surface area contributed by atoms with Gasteiger partial charge in [-0.2, -0.15) is 0 Å². The van der Waals surface area contributed by atoms with Crippen LogP contribution in [0, 0.1) is 5.41 Å². The van der Waals surface area contributed by atoms with E-state index in [0.29, 0.717) is 12.5 Å². The lowest BCUT2D eigenvalue weighted by molar-refractivity contribution is 0.124. The molecule has 0 aliphatic heterocycles. The molecule has 0 aromatic heterocycles. The molecule has 0 unspecified atom stereocenters. The van der Waals surface area contributed by atoms with Crippen LogP contribution in [0.15, 0.2) is 0 Å². The van der Waals surface area contributed by atoms with E-state index < -0.39 is 8.80 Å². The Morgan fingerprint density at radius 1 is 1.25 bits per heavy atom. The van der Waals surface area contributed by atoms with E-state index in [1.807, 2.05) is 0 Å². The Kier molecular flexibility index (Phi) is 5.06. The fourth-order valence-electron chi connectivity index (χ4n) is 0.844. The van der Waals surface area contributed by atoms with Crippen molar-refractivity contribution < 1.29 is 13.3 Å². The Morgan fingerprint density at radius 2 is 1.67 bits per heavy atom. The van der Waals surface area contributed by atoms with Crippen molar-refractivity contribution in [3.63, 3.8) is 0 Å². The maximum Gasteiger partial charge on any atom is 0.500 e. The number of hydrogen-bond donors (Lipinski definition) is 2. The largest absolute Gasteiger partial charge is 0.500 e. The van der Waals surface area contributed by atoms with Gasteiger partial charge in [-0.1, -0.05) is 0 Å². The van der Waals surface area contributed by atoms with Gasteiger partial charge >= 0.3 is 8.80 Å². The van der Waals surface area contributed by atoms with Crippen LogP contribution in [0.3, 0.4) is 0 Å². The Morgan fingerprint density at radius 3 is 1.92 bits per heavy atom. The molecule has 0 bridgehead atoms. The van der Waals surface area contributed by atoms with Crippen LogP contribution in [0.25, 0.3) is 0 Å². The number of nitrogens with one attached hydrogen (secondary N) is 1. The summed E-state index contributed by atoms with van der Waals surface area (Å²) < 4.78 is 15.4. The van der Waals surface area contributed by atoms with Gasteiger partial charge in [-0.3, -0.25) is 5.41 Å². The van der Waals surface area contributed by atoms with Gasteiger partial charge in [-0.15, -0.1) is 0 Å². The number of amidine groups is 1. The van der Waals surface area contributed by atoms with Crippen molar-refractivity contribution in [3.05, 3.63) is 0 Å². The minimum atomic E-state index is -2.50. The summed E-state index contributed by atoms with van der Waals surface area (Å²) in [5, 5.41) is 7.03. The van der Waals surface area contributed by atoms with Crippen LogP contribution in [-0.4, -0.2) is 36.0 Å². The average Bonchev–Trinajstić information content (AvgIpc) is 2.08. The normalized spacial score (nSPS) is 11.6. The van der Waals surface area contributed by atoms with Crippen molar-refractivity contribution in [1.29, 1.82) is 5.41 Å². The molecule has 3 N–H and O–H groups in total. The molecule has 0 spiro atoms. The molecule has 12 heavy (non-hydrogen) atoms. The second kappa shape index (κ2) is 5.25. The van der Waals surface area contributed by atoms with Gasteiger partial charge in [0.15, 0.2) is 0 Å². The van der Waals surface area contributed by atoms with Crippen LogP contribution in [0.2, 0.25) is 6.04 Å². The van der Waals surface area contributed by atoms with Crippen LogP contribution in [0.1, 0.15) is 6.42 Å². The highest BCUT2D eigenvalue weighted by atomic mass is 28.4. The lowest BCUT2D eigenvalue weighted by Gasteiger charge is -2.23. The van der Waals surface area contributed by atoms with Gasteiger partial charge in [-0.25, -0.2) is 0 Å². The van der Waals surface area contributed by atoms with E-state index in [1.165, 1.54) is 0 Å². The molecular formula is C6H16N2O3Si. The van der Waals surface area contributed by atoms with E-state index in [2.05, 4.69) is 0 Å². The highest BCUT2D eigenvalue weighted by molar-refractivity contribution is 6.60. The maximum absolute atomic E-state index is 7.03. The monoisotopic (exact) mass is 192 g/mol. The first-order valence-corrected chi connectivity index (χ1v) is 5.51. The second-order valence-electron chi connectivity index (χ2n) is 2.32. The van der Waals surface area contributed by atoms with Crippen molar-refractivity contribution in [1.82, 2.24) is 0 Å². The zero-order chi connectivity index (χ0) is 9.61. The molecule has 72 valence electrons. The Labute approximate surface area is 73.7 Å². The summed E-state index contributed by atoms with van der Waals surface area (Å²) in [6, 6.07) is 0.547. The molecule has 0 heterocycles. The Bertz CT molecular complexity index is 141. The van der Waals surface area contributed by atoms with Gasteiger partial charge in [0, 0.05) is 33.8 Å². The van der Waals surface area contributed by atoms with Crippen LogP contribution < -0.4 is 5.73 Å². The van der Waals surface area contributed by atoms with Crippen LogP contribution >= 0.6 is 0 Å². The number of hydrogen-bond acceptors (Lipinski definition) is 4. The molecular weight excluding hydrogens is 176 g/mol. The first-order valence-electron chi connectivity index (χ1n) is 3.58. The van der Waals surface area contributed by atoms with Crippen molar-refractivity contribution in [2.24, 2.45) is 5.73 Å². The maximum atomic E-state index is 7.03. The van der Waals surface area contributed by atoms with Crippen molar-refractivity contribution in [2.75, 3.05) is 21.3 Å². The smallest absolute Gasteiger partial charge is 0.388 e. The minimum absolute atomic E-state index is 0.123. The van der Waals surface area contributed by atoms with E-state index in [9.17, 15) is 0 Å².